The van der Waals surface area contributed by atoms with Crippen molar-refractivity contribution in [1.29, 1.82) is 0 Å². The summed E-state index contributed by atoms with van der Waals surface area (Å²) >= 11 is 2.92. The molecule has 44 heavy (non-hydrogen) atoms. The van der Waals surface area contributed by atoms with Gasteiger partial charge in [-0.3, -0.25) is 9.59 Å². The molecule has 11 nitrogen and oxygen atoms in total. The molecule has 2 aliphatic rings. The molecule has 1 amide bonds. The van der Waals surface area contributed by atoms with E-state index in [2.05, 4.69) is 31.0 Å². The summed E-state index contributed by atoms with van der Waals surface area (Å²) in [4.78, 5) is 42.6. The molecular formula is C29H28BrF3N8O3. The van der Waals surface area contributed by atoms with Crippen molar-refractivity contribution in [2.45, 2.75) is 70.9 Å². The summed E-state index contributed by atoms with van der Waals surface area (Å²) in [6, 6.07) is 4.78. The maximum Gasteiger partial charge on any atom is 0.417 e. The van der Waals surface area contributed by atoms with Crippen LogP contribution in [0.1, 0.15) is 58.3 Å². The van der Waals surface area contributed by atoms with E-state index in [9.17, 15) is 22.8 Å². The summed E-state index contributed by atoms with van der Waals surface area (Å²) in [5.41, 5.74) is 6.38. The second kappa shape index (κ2) is 11.1. The van der Waals surface area contributed by atoms with Gasteiger partial charge in [-0.2, -0.15) is 18.3 Å². The lowest BCUT2D eigenvalue weighted by Gasteiger charge is -2.34. The molecule has 2 N–H and O–H groups in total. The van der Waals surface area contributed by atoms with Gasteiger partial charge in [0.2, 0.25) is 11.9 Å². The fourth-order valence-electron chi connectivity index (χ4n) is 5.49. The molecule has 1 aliphatic heterocycles. The molecule has 1 atom stereocenters. The van der Waals surface area contributed by atoms with E-state index in [1.165, 1.54) is 38.7 Å². The first-order valence-electron chi connectivity index (χ1n) is 13.9. The van der Waals surface area contributed by atoms with Crippen molar-refractivity contribution in [2.24, 2.45) is 5.73 Å². The first-order valence-corrected chi connectivity index (χ1v) is 14.7. The van der Waals surface area contributed by atoms with Crippen LogP contribution in [0.15, 0.2) is 45.9 Å². The number of hydrogen-bond donors (Lipinski definition) is 1. The Kier molecular flexibility index (Phi) is 7.56. The summed E-state index contributed by atoms with van der Waals surface area (Å²) in [5.74, 6) is 0.0157. The van der Waals surface area contributed by atoms with Gasteiger partial charge in [-0.05, 0) is 64.3 Å². The van der Waals surface area contributed by atoms with Crippen molar-refractivity contribution < 1.29 is 22.7 Å². The molecule has 15 heteroatoms. The molecule has 0 radical (unpaired) electrons. The molecule has 0 unspecified atom stereocenters. The van der Waals surface area contributed by atoms with Gasteiger partial charge in [0.1, 0.15) is 6.10 Å². The van der Waals surface area contributed by atoms with Gasteiger partial charge in [-0.1, -0.05) is 15.9 Å². The highest BCUT2D eigenvalue weighted by atomic mass is 79.9. The topological polar surface area (TPSA) is 134 Å². The predicted molar refractivity (Wildman–Crippen MR) is 156 cm³/mol. The van der Waals surface area contributed by atoms with E-state index in [0.717, 1.165) is 18.9 Å². The van der Waals surface area contributed by atoms with E-state index in [1.807, 2.05) is 6.07 Å². The molecule has 0 spiro atoms. The SMILES string of the molecule is Cc1cc(C)n(-c2nc3c(c(=O)n2-c2ncc(O[C@H]4C[C@@H](N)C4)cn2)C[C@@H](C)N(C(=O)c2ccc(Br)c(C(F)(F)F)c2)C3)n1. The second-order valence-corrected chi connectivity index (χ2v) is 12.0. The van der Waals surface area contributed by atoms with Gasteiger partial charge in [0.25, 0.3) is 11.5 Å². The number of amides is 1. The average molecular weight is 673 g/mol. The Labute approximate surface area is 258 Å². The van der Waals surface area contributed by atoms with Crippen molar-refractivity contribution in [3.05, 3.63) is 85.3 Å². The van der Waals surface area contributed by atoms with E-state index in [4.69, 9.17) is 15.5 Å². The molecule has 1 aromatic carbocycles. The number of aryl methyl sites for hydroxylation is 2. The van der Waals surface area contributed by atoms with E-state index >= 15 is 0 Å². The van der Waals surface area contributed by atoms with Gasteiger partial charge in [0.05, 0.1) is 35.9 Å². The van der Waals surface area contributed by atoms with Crippen molar-refractivity contribution in [3.8, 4) is 17.6 Å². The normalized spacial score (nSPS) is 19.8. The summed E-state index contributed by atoms with van der Waals surface area (Å²) < 4.78 is 49.1. The highest BCUT2D eigenvalue weighted by Gasteiger charge is 2.36. The van der Waals surface area contributed by atoms with Crippen molar-refractivity contribution >= 4 is 21.8 Å². The first kappa shape index (κ1) is 29.9. The third kappa shape index (κ3) is 5.49. The van der Waals surface area contributed by atoms with Crippen molar-refractivity contribution in [2.75, 3.05) is 0 Å². The molecule has 230 valence electrons. The standard InChI is InChI=1S/C29H28BrF3N8O3/c1-14-6-16(3)41(38-14)28-37-24-13-39(25(42)17-4-5-23(30)22(8-17)29(31,32)33)15(2)7-21(24)26(43)40(28)27-35-11-20(12-36-27)44-19-9-18(34)10-19/h4-6,8,11-12,15,18-19H,7,9-10,13,34H2,1-3H3/t15-,18-,19+/m1/s1. The number of aromatic nitrogens is 6. The Bertz CT molecular complexity index is 1820. The van der Waals surface area contributed by atoms with Gasteiger partial charge < -0.3 is 15.4 Å². The summed E-state index contributed by atoms with van der Waals surface area (Å²) in [6.07, 6.45) is -0.0902. The first-order chi connectivity index (χ1) is 20.8. The van der Waals surface area contributed by atoms with Crippen LogP contribution in [0.5, 0.6) is 5.75 Å². The van der Waals surface area contributed by atoms with Crippen LogP contribution in [0, 0.1) is 13.8 Å². The number of rotatable bonds is 5. The number of nitrogens with zero attached hydrogens (tertiary/aromatic N) is 7. The van der Waals surface area contributed by atoms with E-state index in [1.54, 1.807) is 20.8 Å². The largest absolute Gasteiger partial charge is 0.487 e. The number of carbonyl (C=O) groups is 1. The fraction of sp³-hybridized carbons (Fsp3) is 0.379. The number of fused-ring (bicyclic) bond motifs is 1. The predicted octanol–water partition coefficient (Wildman–Crippen LogP) is 4.06. The van der Waals surface area contributed by atoms with E-state index in [0.29, 0.717) is 28.4 Å². The highest BCUT2D eigenvalue weighted by molar-refractivity contribution is 9.10. The van der Waals surface area contributed by atoms with Crippen LogP contribution in [-0.2, 0) is 19.1 Å². The Morgan fingerprint density at radius 2 is 1.84 bits per heavy atom. The van der Waals surface area contributed by atoms with E-state index in [-0.39, 0.29) is 47.0 Å². The second-order valence-electron chi connectivity index (χ2n) is 11.2. The van der Waals surface area contributed by atoms with E-state index < -0.39 is 29.2 Å². The maximum absolute atomic E-state index is 14.1. The highest BCUT2D eigenvalue weighted by Crippen LogP contribution is 2.36. The molecular weight excluding hydrogens is 645 g/mol. The zero-order chi connectivity index (χ0) is 31.5. The average Bonchev–Trinajstić information content (AvgIpc) is 3.29. The monoisotopic (exact) mass is 672 g/mol. The zero-order valence-corrected chi connectivity index (χ0v) is 25.6. The Balaban J connectivity index is 1.39. The smallest absolute Gasteiger partial charge is 0.417 e. The molecule has 4 aromatic rings. The van der Waals surface area contributed by atoms with Crippen LogP contribution in [0.2, 0.25) is 0 Å². The van der Waals surface area contributed by atoms with Gasteiger partial charge >= 0.3 is 6.18 Å². The number of ether oxygens (including phenoxy) is 1. The van der Waals surface area contributed by atoms with Crippen molar-refractivity contribution in [1.82, 2.24) is 34.2 Å². The minimum absolute atomic E-state index is 0.0116. The van der Waals surface area contributed by atoms with Crippen LogP contribution < -0.4 is 16.0 Å². The maximum atomic E-state index is 14.1. The number of hydrogen-bond acceptors (Lipinski definition) is 8. The van der Waals surface area contributed by atoms with Crippen LogP contribution in [0.25, 0.3) is 11.9 Å². The Morgan fingerprint density at radius 1 is 1.14 bits per heavy atom. The molecule has 0 saturated heterocycles. The molecule has 3 aromatic heterocycles. The Hall–Kier alpha value is -4.11. The minimum Gasteiger partial charge on any atom is -0.487 e. The molecule has 4 heterocycles. The quantitative estimate of drug-likeness (QED) is 0.336. The molecule has 0 bridgehead atoms. The lowest BCUT2D eigenvalue weighted by Crippen LogP contribution is -2.46. The molecule has 1 aliphatic carbocycles. The fourth-order valence-corrected chi connectivity index (χ4v) is 5.97. The van der Waals surface area contributed by atoms with Crippen LogP contribution in [-0.4, -0.2) is 58.3 Å². The van der Waals surface area contributed by atoms with Gasteiger partial charge in [-0.25, -0.2) is 24.2 Å². The molecule has 1 saturated carbocycles. The van der Waals surface area contributed by atoms with Gasteiger partial charge in [0.15, 0.2) is 5.75 Å². The Morgan fingerprint density at radius 3 is 2.45 bits per heavy atom. The zero-order valence-electron chi connectivity index (χ0n) is 24.0. The summed E-state index contributed by atoms with van der Waals surface area (Å²) in [7, 11) is 0. The number of halogens is 4. The molecule has 1 fully saturated rings. The number of nitrogens with two attached hydrogens (primary N) is 1. The summed E-state index contributed by atoms with van der Waals surface area (Å²) in [6.45, 7) is 5.25. The third-order valence-corrected chi connectivity index (χ3v) is 8.51. The van der Waals surface area contributed by atoms with Gasteiger partial charge in [-0.15, -0.1) is 0 Å². The number of alkyl halides is 3. The van der Waals surface area contributed by atoms with Crippen molar-refractivity contribution in [3.63, 3.8) is 0 Å². The molecule has 6 rings (SSSR count). The van der Waals surface area contributed by atoms with Crippen LogP contribution >= 0.6 is 15.9 Å². The van der Waals surface area contributed by atoms with Crippen LogP contribution in [0.3, 0.4) is 0 Å². The number of carbonyl (C=O) groups excluding carboxylic acids is 1. The third-order valence-electron chi connectivity index (χ3n) is 7.82. The lowest BCUT2D eigenvalue weighted by atomic mass is 9.90. The number of benzene rings is 1. The van der Waals surface area contributed by atoms with Crippen LogP contribution in [0.4, 0.5) is 13.2 Å². The minimum atomic E-state index is -4.65. The summed E-state index contributed by atoms with van der Waals surface area (Å²) in [5, 5.41) is 4.51. The van der Waals surface area contributed by atoms with Gasteiger partial charge in [0, 0.05) is 33.4 Å². The lowest BCUT2D eigenvalue weighted by molar-refractivity contribution is -0.138.